The normalized spacial score (nSPS) is 11.7. The van der Waals surface area contributed by atoms with Crippen molar-refractivity contribution < 1.29 is 4.79 Å². The number of hydrogen-bond acceptors (Lipinski definition) is 1. The second-order valence-electron chi connectivity index (χ2n) is 5.72. The molecular formula is C12H26O. The molecule has 0 bridgehead atoms. The van der Waals surface area contributed by atoms with Crippen LogP contribution in [0, 0.1) is 10.8 Å². The fraction of sp³-hybridized carbons (Fsp3) is 0.917. The number of hydrogen-bond donors (Lipinski definition) is 0. The minimum atomic E-state index is -0.139. The zero-order valence-electron chi connectivity index (χ0n) is 10.6. The number of rotatable bonds is 0. The van der Waals surface area contributed by atoms with Crippen LogP contribution in [0.2, 0.25) is 0 Å². The molecule has 0 radical (unpaired) electrons. The molecule has 13 heavy (non-hydrogen) atoms. The lowest BCUT2D eigenvalue weighted by Crippen LogP contribution is -2.15. The van der Waals surface area contributed by atoms with Gasteiger partial charge in [-0.1, -0.05) is 54.9 Å². The van der Waals surface area contributed by atoms with Gasteiger partial charge in [-0.15, -0.1) is 0 Å². The van der Waals surface area contributed by atoms with Crippen molar-refractivity contribution in [2.75, 3.05) is 0 Å². The van der Waals surface area contributed by atoms with Gasteiger partial charge in [0, 0.05) is 5.41 Å². The third kappa shape index (κ3) is 14.5. The van der Waals surface area contributed by atoms with E-state index in [4.69, 9.17) is 0 Å². The highest BCUT2D eigenvalue weighted by Crippen LogP contribution is 2.16. The highest BCUT2D eigenvalue weighted by atomic mass is 16.1. The predicted molar refractivity (Wildman–Crippen MR) is 59.9 cm³/mol. The highest BCUT2D eigenvalue weighted by molar-refractivity contribution is 5.80. The summed E-state index contributed by atoms with van der Waals surface area (Å²) in [5, 5.41) is 0. The number of carbonyl (C=O) groups excluding carboxylic acids is 1. The fourth-order valence-corrected chi connectivity index (χ4v) is 0. The molecule has 0 aliphatic heterocycles. The van der Waals surface area contributed by atoms with Crippen LogP contribution in [-0.4, -0.2) is 5.78 Å². The molecule has 0 rings (SSSR count). The number of Topliss-reactive ketones (excluding diaryl/α,β-unsaturated/α-hetero) is 1. The van der Waals surface area contributed by atoms with Gasteiger partial charge in [-0.2, -0.15) is 0 Å². The van der Waals surface area contributed by atoms with Crippen molar-refractivity contribution in [3.05, 3.63) is 0 Å². The molecule has 0 heterocycles. The molecule has 1 nitrogen and oxygen atoms in total. The van der Waals surface area contributed by atoms with Crippen molar-refractivity contribution in [1.82, 2.24) is 0 Å². The molecule has 0 aliphatic rings. The van der Waals surface area contributed by atoms with E-state index in [1.165, 1.54) is 6.42 Å². The van der Waals surface area contributed by atoms with Gasteiger partial charge in [0.2, 0.25) is 0 Å². The molecule has 0 aliphatic carbocycles. The molecule has 0 atom stereocenters. The van der Waals surface area contributed by atoms with Crippen LogP contribution < -0.4 is 0 Å². The average molecular weight is 186 g/mol. The third-order valence-corrected chi connectivity index (χ3v) is 2.12. The maximum atomic E-state index is 10.5. The Balaban J connectivity index is 0. The van der Waals surface area contributed by atoms with Crippen molar-refractivity contribution in [3.8, 4) is 0 Å². The highest BCUT2D eigenvalue weighted by Gasteiger charge is 2.14. The van der Waals surface area contributed by atoms with Crippen LogP contribution in [0.15, 0.2) is 0 Å². The molecule has 0 aromatic heterocycles. The molecule has 0 fully saturated rings. The molecule has 1 heteroatoms. The Labute approximate surface area is 83.9 Å². The first-order chi connectivity index (χ1) is 5.50. The zero-order chi connectivity index (χ0) is 11.3. The van der Waals surface area contributed by atoms with Crippen LogP contribution >= 0.6 is 0 Å². The van der Waals surface area contributed by atoms with E-state index in [-0.39, 0.29) is 11.2 Å². The fourth-order valence-electron chi connectivity index (χ4n) is 0. The summed E-state index contributed by atoms with van der Waals surface area (Å²) in [6.07, 6.45) is 1.27. The Morgan fingerprint density at radius 3 is 1.15 bits per heavy atom. The zero-order valence-corrected chi connectivity index (χ0v) is 10.6. The van der Waals surface area contributed by atoms with Gasteiger partial charge in [0.25, 0.3) is 0 Å². The van der Waals surface area contributed by atoms with Crippen molar-refractivity contribution in [2.24, 2.45) is 10.8 Å². The monoisotopic (exact) mass is 186 g/mol. The van der Waals surface area contributed by atoms with E-state index >= 15 is 0 Å². The van der Waals surface area contributed by atoms with Gasteiger partial charge < -0.3 is 0 Å². The van der Waals surface area contributed by atoms with Gasteiger partial charge in [0.05, 0.1) is 0 Å². The van der Waals surface area contributed by atoms with E-state index in [9.17, 15) is 4.79 Å². The van der Waals surface area contributed by atoms with Crippen LogP contribution in [0.4, 0.5) is 0 Å². The van der Waals surface area contributed by atoms with Gasteiger partial charge in [-0.3, -0.25) is 4.79 Å². The molecule has 0 saturated heterocycles. The SMILES string of the molecule is CC(=O)C(C)(C)C.CCC(C)(C)C. The lowest BCUT2D eigenvalue weighted by Gasteiger charge is -2.12. The van der Waals surface area contributed by atoms with Crippen molar-refractivity contribution in [1.29, 1.82) is 0 Å². The Morgan fingerprint density at radius 1 is 1.00 bits per heavy atom. The van der Waals surface area contributed by atoms with Crippen LogP contribution in [0.3, 0.4) is 0 Å². The molecule has 80 valence electrons. The largest absolute Gasteiger partial charge is 0.299 e. The van der Waals surface area contributed by atoms with Crippen LogP contribution in [0.5, 0.6) is 0 Å². The van der Waals surface area contributed by atoms with E-state index in [1.807, 2.05) is 20.8 Å². The molecule has 0 aromatic rings. The van der Waals surface area contributed by atoms with E-state index < -0.39 is 0 Å². The third-order valence-electron chi connectivity index (χ3n) is 2.12. The van der Waals surface area contributed by atoms with E-state index in [0.29, 0.717) is 5.41 Å². The maximum absolute atomic E-state index is 10.5. The summed E-state index contributed by atoms with van der Waals surface area (Å²) >= 11 is 0. The Kier molecular flexibility index (Phi) is 6.31. The van der Waals surface area contributed by atoms with Crippen molar-refractivity contribution in [3.63, 3.8) is 0 Å². The first-order valence-corrected chi connectivity index (χ1v) is 5.01. The summed E-state index contributed by atoms with van der Waals surface area (Å²) < 4.78 is 0. The van der Waals surface area contributed by atoms with Crippen molar-refractivity contribution >= 4 is 5.78 Å². The van der Waals surface area contributed by atoms with Crippen LogP contribution in [-0.2, 0) is 4.79 Å². The topological polar surface area (TPSA) is 17.1 Å². The summed E-state index contributed by atoms with van der Waals surface area (Å²) in [5.74, 6) is 0.243. The standard InChI is InChI=1S/C6H12O.C6H14/c1-5(7)6(2,3)4;1-5-6(2,3)4/h1-4H3;5H2,1-4H3. The summed E-state index contributed by atoms with van der Waals surface area (Å²) in [6.45, 7) is 16.3. The minimum Gasteiger partial charge on any atom is -0.299 e. The second kappa shape index (κ2) is 5.41. The Morgan fingerprint density at radius 2 is 1.15 bits per heavy atom. The van der Waals surface area contributed by atoms with Crippen molar-refractivity contribution in [2.45, 2.75) is 61.8 Å². The molecular weight excluding hydrogens is 160 g/mol. The van der Waals surface area contributed by atoms with E-state index in [1.54, 1.807) is 6.92 Å². The van der Waals surface area contributed by atoms with Gasteiger partial charge in [-0.05, 0) is 12.3 Å². The lowest BCUT2D eigenvalue weighted by molar-refractivity contribution is -0.124. The molecule has 0 amide bonds. The Bertz CT molecular complexity index is 143. The summed E-state index contributed by atoms with van der Waals surface area (Å²) in [5.41, 5.74) is 0.403. The lowest BCUT2D eigenvalue weighted by atomic mass is 9.92. The average Bonchev–Trinajstić information content (AvgIpc) is 1.85. The summed E-state index contributed by atoms with van der Waals surface area (Å²) in [4.78, 5) is 10.5. The molecule has 0 unspecified atom stereocenters. The first kappa shape index (κ1) is 15.2. The van der Waals surface area contributed by atoms with Gasteiger partial charge in [0.1, 0.15) is 5.78 Å². The van der Waals surface area contributed by atoms with Gasteiger partial charge >= 0.3 is 0 Å². The smallest absolute Gasteiger partial charge is 0.135 e. The number of carbonyl (C=O) groups is 1. The van der Waals surface area contributed by atoms with Gasteiger partial charge in [-0.25, -0.2) is 0 Å². The molecule has 0 N–H and O–H groups in total. The maximum Gasteiger partial charge on any atom is 0.135 e. The van der Waals surface area contributed by atoms with Crippen LogP contribution in [0.25, 0.3) is 0 Å². The minimum absolute atomic E-state index is 0.139. The molecule has 0 aromatic carbocycles. The van der Waals surface area contributed by atoms with Crippen LogP contribution in [0.1, 0.15) is 61.8 Å². The summed E-state index contributed by atoms with van der Waals surface area (Å²) in [7, 11) is 0. The van der Waals surface area contributed by atoms with E-state index in [0.717, 1.165) is 0 Å². The van der Waals surface area contributed by atoms with E-state index in [2.05, 4.69) is 27.7 Å². The summed E-state index contributed by atoms with van der Waals surface area (Å²) in [6, 6.07) is 0. The molecule has 0 spiro atoms. The second-order valence-corrected chi connectivity index (χ2v) is 5.72. The number of ketones is 1. The quantitative estimate of drug-likeness (QED) is 0.557. The molecule has 0 saturated carbocycles. The van der Waals surface area contributed by atoms with Gasteiger partial charge in [0.15, 0.2) is 0 Å². The first-order valence-electron chi connectivity index (χ1n) is 5.01. The Hall–Kier alpha value is -0.330. The predicted octanol–water partition coefficient (Wildman–Crippen LogP) is 4.06.